The van der Waals surface area contributed by atoms with Gasteiger partial charge in [0.1, 0.15) is 5.82 Å². The van der Waals surface area contributed by atoms with Gasteiger partial charge in [-0.1, -0.05) is 18.2 Å². The molecular weight excluding hydrogens is 243 g/mol. The predicted octanol–water partition coefficient (Wildman–Crippen LogP) is 2.97. The molecule has 0 aliphatic rings. The molecule has 0 saturated carbocycles. The lowest BCUT2D eigenvalue weighted by atomic mass is 10.1. The lowest BCUT2D eigenvalue weighted by molar-refractivity contribution is 0.628. The van der Waals surface area contributed by atoms with Gasteiger partial charge in [-0.05, 0) is 42.0 Å². The van der Waals surface area contributed by atoms with E-state index in [4.69, 9.17) is 0 Å². The Kier molecular flexibility index (Phi) is 2.76. The fourth-order valence-corrected chi connectivity index (χ4v) is 1.94. The van der Waals surface area contributed by atoms with E-state index in [1.807, 2.05) is 30.3 Å². The van der Waals surface area contributed by atoms with Gasteiger partial charge >= 0.3 is 0 Å². The molecule has 3 rings (SSSR count). The molecule has 1 N–H and O–H groups in total. The van der Waals surface area contributed by atoms with Crippen LogP contribution in [-0.4, -0.2) is 9.78 Å². The van der Waals surface area contributed by atoms with E-state index in [9.17, 15) is 9.18 Å². The highest BCUT2D eigenvalue weighted by Gasteiger charge is 2.06. The van der Waals surface area contributed by atoms with Crippen molar-refractivity contribution in [2.45, 2.75) is 0 Å². The molecule has 4 heteroatoms. The highest BCUT2D eigenvalue weighted by atomic mass is 19.1. The summed E-state index contributed by atoms with van der Waals surface area (Å²) < 4.78 is 14.3. The number of benzene rings is 2. The number of halogens is 1. The third-order valence-electron chi connectivity index (χ3n) is 2.89. The summed E-state index contributed by atoms with van der Waals surface area (Å²) in [7, 11) is 0. The largest absolute Gasteiger partial charge is 0.290 e. The van der Waals surface area contributed by atoms with Crippen molar-refractivity contribution < 1.29 is 4.39 Å². The maximum atomic E-state index is 12.9. The Morgan fingerprint density at radius 2 is 1.63 bits per heavy atom. The van der Waals surface area contributed by atoms with Crippen LogP contribution in [-0.2, 0) is 0 Å². The fraction of sp³-hybridized carbons (Fsp3) is 0. The molecule has 0 unspecified atom stereocenters. The number of aromatic amines is 1. The Morgan fingerprint density at radius 3 is 2.32 bits per heavy atom. The van der Waals surface area contributed by atoms with Gasteiger partial charge in [0.05, 0.1) is 11.4 Å². The minimum Gasteiger partial charge on any atom is -0.290 e. The van der Waals surface area contributed by atoms with E-state index in [1.54, 1.807) is 12.1 Å². The molecule has 94 valence electrons. The van der Waals surface area contributed by atoms with Gasteiger partial charge in [-0.3, -0.25) is 9.89 Å². The first-order chi connectivity index (χ1) is 9.24. The molecular formula is C15H11FN2O. The van der Waals surface area contributed by atoms with Crippen LogP contribution < -0.4 is 5.56 Å². The smallest absolute Gasteiger partial charge is 0.271 e. The first-order valence-electron chi connectivity index (χ1n) is 5.87. The van der Waals surface area contributed by atoms with E-state index in [0.717, 1.165) is 11.3 Å². The molecule has 0 aliphatic heterocycles. The second-order valence-corrected chi connectivity index (χ2v) is 4.19. The van der Waals surface area contributed by atoms with Gasteiger partial charge in [-0.2, -0.15) is 0 Å². The molecule has 2 aromatic carbocycles. The zero-order valence-electron chi connectivity index (χ0n) is 10.0. The summed E-state index contributed by atoms with van der Waals surface area (Å²) in [6.07, 6.45) is 0. The molecule has 0 saturated heterocycles. The topological polar surface area (TPSA) is 37.8 Å². The van der Waals surface area contributed by atoms with Gasteiger partial charge in [0, 0.05) is 6.07 Å². The summed E-state index contributed by atoms with van der Waals surface area (Å²) in [6.45, 7) is 0. The van der Waals surface area contributed by atoms with Crippen molar-refractivity contribution in [1.82, 2.24) is 9.78 Å². The van der Waals surface area contributed by atoms with Crippen molar-refractivity contribution >= 4 is 0 Å². The van der Waals surface area contributed by atoms with Crippen molar-refractivity contribution in [3.05, 3.63) is 76.8 Å². The number of rotatable bonds is 2. The van der Waals surface area contributed by atoms with E-state index in [-0.39, 0.29) is 11.4 Å². The number of para-hydroxylation sites is 1. The minimum absolute atomic E-state index is 0.148. The Bertz CT molecular complexity index is 742. The Hall–Kier alpha value is -2.62. The first-order valence-corrected chi connectivity index (χ1v) is 5.87. The van der Waals surface area contributed by atoms with Gasteiger partial charge in [0.2, 0.25) is 0 Å². The zero-order valence-corrected chi connectivity index (χ0v) is 10.0. The summed E-state index contributed by atoms with van der Waals surface area (Å²) in [6, 6.07) is 16.8. The van der Waals surface area contributed by atoms with Crippen LogP contribution in [0.1, 0.15) is 0 Å². The maximum Gasteiger partial charge on any atom is 0.271 e. The third kappa shape index (κ3) is 2.20. The molecule has 0 amide bonds. The van der Waals surface area contributed by atoms with Crippen molar-refractivity contribution in [3.63, 3.8) is 0 Å². The van der Waals surface area contributed by atoms with E-state index < -0.39 is 0 Å². The highest BCUT2D eigenvalue weighted by molar-refractivity contribution is 5.58. The number of nitrogens with zero attached hydrogens (tertiary/aromatic N) is 1. The van der Waals surface area contributed by atoms with Gasteiger partial charge in [-0.15, -0.1) is 0 Å². The van der Waals surface area contributed by atoms with Gasteiger partial charge < -0.3 is 0 Å². The molecule has 3 nitrogen and oxygen atoms in total. The maximum absolute atomic E-state index is 12.9. The number of nitrogens with one attached hydrogen (secondary N) is 1. The molecule has 0 aliphatic carbocycles. The number of aromatic nitrogens is 2. The summed E-state index contributed by atoms with van der Waals surface area (Å²) in [5.74, 6) is -0.298. The lowest BCUT2D eigenvalue weighted by Crippen LogP contribution is -2.12. The van der Waals surface area contributed by atoms with Crippen LogP contribution in [0.25, 0.3) is 16.9 Å². The van der Waals surface area contributed by atoms with E-state index in [2.05, 4.69) is 5.10 Å². The molecule has 0 bridgehead atoms. The van der Waals surface area contributed by atoms with E-state index >= 15 is 0 Å². The quantitative estimate of drug-likeness (QED) is 0.750. The van der Waals surface area contributed by atoms with Crippen molar-refractivity contribution in [2.24, 2.45) is 0 Å². The molecule has 3 aromatic rings. The Labute approximate surface area is 108 Å². The van der Waals surface area contributed by atoms with Crippen LogP contribution in [0.15, 0.2) is 65.5 Å². The second kappa shape index (κ2) is 4.57. The highest BCUT2D eigenvalue weighted by Crippen LogP contribution is 2.16. The van der Waals surface area contributed by atoms with E-state index in [1.165, 1.54) is 22.9 Å². The molecule has 1 aromatic heterocycles. The molecule has 19 heavy (non-hydrogen) atoms. The second-order valence-electron chi connectivity index (χ2n) is 4.19. The Balaban J connectivity index is 2.07. The summed E-state index contributed by atoms with van der Waals surface area (Å²) in [5, 5.41) is 3.02. The van der Waals surface area contributed by atoms with Gasteiger partial charge in [0.15, 0.2) is 0 Å². The van der Waals surface area contributed by atoms with Gasteiger partial charge in [0.25, 0.3) is 5.56 Å². The third-order valence-corrected chi connectivity index (χ3v) is 2.89. The lowest BCUT2D eigenvalue weighted by Gasteiger charge is -2.01. The van der Waals surface area contributed by atoms with E-state index in [0.29, 0.717) is 5.69 Å². The monoisotopic (exact) mass is 254 g/mol. The SMILES string of the molecule is O=c1cc(-c2ccc(F)cc2)[nH]n1-c1ccccc1. The normalized spacial score (nSPS) is 10.6. The molecule has 0 fully saturated rings. The van der Waals surface area contributed by atoms with Crippen LogP contribution in [0.3, 0.4) is 0 Å². The van der Waals surface area contributed by atoms with Crippen molar-refractivity contribution in [1.29, 1.82) is 0 Å². The van der Waals surface area contributed by atoms with Gasteiger partial charge in [-0.25, -0.2) is 9.07 Å². The summed E-state index contributed by atoms with van der Waals surface area (Å²) in [5.41, 5.74) is 2.05. The molecule has 1 heterocycles. The number of hydrogen-bond acceptors (Lipinski definition) is 1. The van der Waals surface area contributed by atoms with Crippen LogP contribution in [0.5, 0.6) is 0 Å². The van der Waals surface area contributed by atoms with Crippen LogP contribution in [0.2, 0.25) is 0 Å². The average molecular weight is 254 g/mol. The average Bonchev–Trinajstić information content (AvgIpc) is 2.83. The minimum atomic E-state index is -0.298. The fourth-order valence-electron chi connectivity index (χ4n) is 1.94. The number of hydrogen-bond donors (Lipinski definition) is 1. The number of H-pyrrole nitrogens is 1. The summed E-state index contributed by atoms with van der Waals surface area (Å²) >= 11 is 0. The molecule has 0 spiro atoms. The molecule has 0 radical (unpaired) electrons. The Morgan fingerprint density at radius 1 is 0.947 bits per heavy atom. The predicted molar refractivity (Wildman–Crippen MR) is 71.8 cm³/mol. The molecule has 0 atom stereocenters. The standard InChI is InChI=1S/C15H11FN2O/c16-12-8-6-11(7-9-12)14-10-15(19)18(17-14)13-4-2-1-3-5-13/h1-10,17H. The van der Waals surface area contributed by atoms with Crippen molar-refractivity contribution in [2.75, 3.05) is 0 Å². The summed E-state index contributed by atoms with van der Waals surface area (Å²) in [4.78, 5) is 11.9. The van der Waals surface area contributed by atoms with Crippen LogP contribution in [0.4, 0.5) is 4.39 Å². The zero-order chi connectivity index (χ0) is 13.2. The van der Waals surface area contributed by atoms with Crippen LogP contribution in [0, 0.1) is 5.82 Å². The van der Waals surface area contributed by atoms with Crippen molar-refractivity contribution in [3.8, 4) is 16.9 Å². The first kappa shape index (κ1) is 11.5. The van der Waals surface area contributed by atoms with Crippen LogP contribution >= 0.6 is 0 Å².